The second-order valence-corrected chi connectivity index (χ2v) is 31.2. The molecule has 0 bridgehead atoms. The number of ether oxygens (including phenoxy) is 12. The lowest BCUT2D eigenvalue weighted by atomic mass is 9.32. The zero-order chi connectivity index (χ0) is 70.7. The van der Waals surface area contributed by atoms with Gasteiger partial charge in [-0.05, 0) is 111 Å². The number of allylic oxidation sites excluding steroid dienone is 1. The summed E-state index contributed by atoms with van der Waals surface area (Å²) in [6.45, 7) is 10.8. The summed E-state index contributed by atoms with van der Waals surface area (Å²) in [7, 11) is 0. The maximum absolute atomic E-state index is 15.2. The Morgan fingerprint density at radius 1 is 0.464 bits per heavy atom. The number of hydrogen-bond acceptors (Lipinski definition) is 32. The molecule has 0 aromatic rings. The van der Waals surface area contributed by atoms with Gasteiger partial charge in [0.05, 0.1) is 57.3 Å². The molecule has 0 aromatic heterocycles. The molecule has 0 amide bonds. The highest BCUT2D eigenvalue weighted by Gasteiger charge is 2.71. The summed E-state index contributed by atoms with van der Waals surface area (Å²) >= 11 is 0. The summed E-state index contributed by atoms with van der Waals surface area (Å²) in [5.74, 6) is -0.805. The molecule has 10 fully saturated rings. The van der Waals surface area contributed by atoms with E-state index in [0.29, 0.717) is 51.4 Å². The summed E-state index contributed by atoms with van der Waals surface area (Å²) < 4.78 is 71.2. The van der Waals surface area contributed by atoms with Gasteiger partial charge in [0.25, 0.3) is 0 Å². The molecule has 0 radical (unpaired) electrons. The van der Waals surface area contributed by atoms with Crippen LogP contribution in [0, 0.1) is 50.2 Å². The Bertz CT molecular complexity index is 2710. The third-order valence-electron chi connectivity index (χ3n) is 25.3. The van der Waals surface area contributed by atoms with E-state index < -0.39 is 234 Å². The highest BCUT2D eigenvalue weighted by molar-refractivity contribution is 5.82. The minimum absolute atomic E-state index is 0.102. The molecule has 11 rings (SSSR count). The summed E-state index contributed by atoms with van der Waals surface area (Å²) in [4.78, 5) is 15.2. The first kappa shape index (κ1) is 76.1. The van der Waals surface area contributed by atoms with Crippen molar-refractivity contribution in [3.63, 3.8) is 0 Å². The predicted octanol–water partition coefficient (Wildman–Crippen LogP) is -5.75. The molecule has 0 aromatic carbocycles. The van der Waals surface area contributed by atoms with E-state index >= 15 is 4.79 Å². The molecule has 5 aliphatic carbocycles. The molecule has 38 atom stereocenters. The van der Waals surface area contributed by atoms with E-state index in [9.17, 15) is 97.0 Å². The fourth-order valence-electron chi connectivity index (χ4n) is 19.1. The molecule has 6 aliphatic heterocycles. The molecular weight excluding hydrogens is 1290 g/mol. The lowest BCUT2D eigenvalue weighted by Crippen LogP contribution is -2.68. The van der Waals surface area contributed by atoms with Gasteiger partial charge in [-0.25, -0.2) is 0 Å². The van der Waals surface area contributed by atoms with Crippen LogP contribution in [0.4, 0.5) is 0 Å². The van der Waals surface area contributed by atoms with Crippen molar-refractivity contribution in [1.29, 1.82) is 0 Å². The van der Waals surface area contributed by atoms with Crippen molar-refractivity contribution in [3.05, 3.63) is 11.6 Å². The Hall–Kier alpha value is -1.99. The Labute approximate surface area is 561 Å². The van der Waals surface area contributed by atoms with Gasteiger partial charge in [-0.2, -0.15) is 0 Å². The van der Waals surface area contributed by atoms with Crippen molar-refractivity contribution in [3.8, 4) is 0 Å². The zero-order valence-corrected chi connectivity index (χ0v) is 55.7. The second kappa shape index (κ2) is 28.8. The average Bonchev–Trinajstić information content (AvgIpc) is 0.675. The van der Waals surface area contributed by atoms with Gasteiger partial charge in [0, 0.05) is 5.41 Å². The van der Waals surface area contributed by atoms with E-state index in [1.807, 2.05) is 6.92 Å². The fourth-order valence-corrected chi connectivity index (χ4v) is 19.1. The topological polar surface area (TPSA) is 512 Å². The lowest BCUT2D eigenvalue weighted by molar-refractivity contribution is -0.390. The van der Waals surface area contributed by atoms with Crippen molar-refractivity contribution in [2.75, 3.05) is 39.6 Å². The number of aliphatic hydroxyl groups is 19. The fraction of sp³-hybridized carbons (Fsp3) is 0.954. The van der Waals surface area contributed by atoms with Crippen LogP contribution < -0.4 is 0 Å². The monoisotopic (exact) mass is 1400 g/mol. The first-order chi connectivity index (χ1) is 45.6. The molecule has 558 valence electrons. The van der Waals surface area contributed by atoms with Crippen LogP contribution in [-0.2, 0) is 61.6 Å². The smallest absolute Gasteiger partial charge is 0.318 e. The van der Waals surface area contributed by atoms with Crippen LogP contribution in [0.5, 0.6) is 0 Å². The Morgan fingerprint density at radius 3 is 1.63 bits per heavy atom. The van der Waals surface area contributed by atoms with Crippen LogP contribution in [0.15, 0.2) is 11.6 Å². The summed E-state index contributed by atoms with van der Waals surface area (Å²) in [6, 6.07) is 0. The van der Waals surface area contributed by atoms with Crippen LogP contribution in [-0.4, -0.2) is 327 Å². The van der Waals surface area contributed by atoms with Crippen molar-refractivity contribution in [2.45, 2.75) is 297 Å². The van der Waals surface area contributed by atoms with E-state index in [1.165, 1.54) is 6.92 Å². The number of carbonyl (C=O) groups excluding carboxylic acids is 1. The largest absolute Gasteiger partial charge is 0.432 e. The van der Waals surface area contributed by atoms with Gasteiger partial charge in [-0.3, -0.25) is 4.79 Å². The molecule has 0 unspecified atom stereocenters. The van der Waals surface area contributed by atoms with Crippen LogP contribution in [0.3, 0.4) is 0 Å². The van der Waals surface area contributed by atoms with E-state index in [4.69, 9.17) is 56.8 Å². The summed E-state index contributed by atoms with van der Waals surface area (Å²) in [5.41, 5.74) is -2.57. The third-order valence-corrected chi connectivity index (χ3v) is 25.3. The van der Waals surface area contributed by atoms with Gasteiger partial charge in [0.15, 0.2) is 31.5 Å². The standard InChI is InChI=1S/C65H106O32/c1-25-36(71)51(95-55-48(83)44(79)50(31(21-68)91-55)94-54-46(81)42(77)39(74)30(20-67)90-54)49(84)57(88-25)96-52-37(72)28(70)22-86-58(52)93-35-11-12-61(4)33(62(35,5)24-69)10-13-64(7)34(61)9-8-26-27-18-60(2,3)14-16-65(27,17-15-63(26,64)6)59(85)97-56-47(82)43(78)40(75)32(92-56)23-87-53-45(80)41(76)38(73)29(19-66)89-53/h18,25-26,28-58,66-84H,8-17,19-24H2,1-7H3/t25-,26+,28-,29+,30+,31+,32+,33+,34+,35-,36-,37-,38+,39+,40+,41-,42-,43-,44+,45+,46+,47+,48+,49+,50+,51+,52+,53+,54-,55-,56-,57-,58-,61-,62-,63+,64+,65-/m0/s1. The molecule has 32 nitrogen and oxygen atoms in total. The molecule has 97 heavy (non-hydrogen) atoms. The molecule has 11 aliphatic rings. The van der Waals surface area contributed by atoms with E-state index in [-0.39, 0.29) is 46.0 Å². The Kier molecular flexibility index (Phi) is 22.6. The second-order valence-electron chi connectivity index (χ2n) is 31.2. The quantitative estimate of drug-likeness (QED) is 0.0366. The number of rotatable bonds is 17. The van der Waals surface area contributed by atoms with Gasteiger partial charge < -0.3 is 154 Å². The number of esters is 1. The van der Waals surface area contributed by atoms with Crippen molar-refractivity contribution in [2.24, 2.45) is 50.2 Å². The molecular formula is C65H106O32. The highest BCUT2D eigenvalue weighted by Crippen LogP contribution is 2.77. The number of carbonyl (C=O) groups is 1. The Balaban J connectivity index is 0.763. The van der Waals surface area contributed by atoms with E-state index in [0.717, 1.165) is 18.4 Å². The SMILES string of the molecule is C[C@@H]1O[C@@H](O[C@H]2[C@H](O[C@H]3CC[C@@]4(C)[C@@H](CC[C@]5(C)[C@@H]4CC[C@@H]4C6=CC(C)(C)CC[C@]6(C(=O)O[C@@H]6O[C@H](CO[C@@H]7O[C@H](CO)[C@@H](O)[C@H](O)[C@H]7O)[C@@H](O)[C@H](O)[C@H]6O)CC[C@]45C)[C@]3(C)CO)OC[C@H](O)[C@@H]2O)[C@H](O)[C@H](O[C@@H]2O[C@H](CO)[C@@H](O[C@@H]3O[C@H](CO)[C@@H](O)[C@H](O)[C@H]3O)[C@H](O)[C@H]2O)[C@H]1O. The normalized spacial score (nSPS) is 54.7. The van der Waals surface area contributed by atoms with Crippen LogP contribution in [0.2, 0.25) is 0 Å². The van der Waals surface area contributed by atoms with Crippen molar-refractivity contribution < 1.29 is 159 Å². The minimum Gasteiger partial charge on any atom is -0.432 e. The van der Waals surface area contributed by atoms with E-state index in [1.54, 1.807) is 0 Å². The highest BCUT2D eigenvalue weighted by atomic mass is 16.8. The van der Waals surface area contributed by atoms with Gasteiger partial charge >= 0.3 is 5.97 Å². The predicted molar refractivity (Wildman–Crippen MR) is 322 cm³/mol. The van der Waals surface area contributed by atoms with Crippen molar-refractivity contribution in [1.82, 2.24) is 0 Å². The number of fused-ring (bicyclic) bond motifs is 7. The van der Waals surface area contributed by atoms with E-state index in [2.05, 4.69) is 40.7 Å². The molecule has 6 heterocycles. The van der Waals surface area contributed by atoms with Crippen molar-refractivity contribution >= 4 is 5.97 Å². The summed E-state index contributed by atoms with van der Waals surface area (Å²) in [6.07, 6.45) is -42.1. The molecule has 4 saturated carbocycles. The molecule has 19 N–H and O–H groups in total. The summed E-state index contributed by atoms with van der Waals surface area (Å²) in [5, 5.41) is 206. The minimum atomic E-state index is -2.06. The van der Waals surface area contributed by atoms with Crippen LogP contribution in [0.1, 0.15) is 113 Å². The van der Waals surface area contributed by atoms with Crippen LogP contribution in [0.25, 0.3) is 0 Å². The zero-order valence-electron chi connectivity index (χ0n) is 55.7. The molecule has 32 heteroatoms. The van der Waals surface area contributed by atoms with Gasteiger partial charge in [-0.15, -0.1) is 0 Å². The molecule has 6 saturated heterocycles. The van der Waals surface area contributed by atoms with Gasteiger partial charge in [0.2, 0.25) is 6.29 Å². The maximum Gasteiger partial charge on any atom is 0.318 e. The first-order valence-electron chi connectivity index (χ1n) is 34.3. The lowest BCUT2D eigenvalue weighted by Gasteiger charge is -2.72. The first-order valence-corrected chi connectivity index (χ1v) is 34.3. The van der Waals surface area contributed by atoms with Gasteiger partial charge in [0.1, 0.15) is 134 Å². The molecule has 0 spiro atoms. The maximum atomic E-state index is 15.2. The van der Waals surface area contributed by atoms with Crippen LogP contribution >= 0.6 is 0 Å². The number of aliphatic hydroxyl groups excluding tert-OH is 19. The average molecular weight is 1400 g/mol. The van der Waals surface area contributed by atoms with Gasteiger partial charge in [-0.1, -0.05) is 53.2 Å². The third kappa shape index (κ3) is 13.2. The Morgan fingerprint density at radius 2 is 1.00 bits per heavy atom. The number of hydrogen-bond donors (Lipinski definition) is 19.